The highest BCUT2D eigenvalue weighted by atomic mass is 14.7. The molecule has 0 amide bonds. The number of hydrogen-bond donors (Lipinski definition) is 1. The van der Waals surface area contributed by atoms with E-state index in [2.05, 4.69) is 40.0 Å². The normalized spacial score (nSPS) is 46.0. The number of allylic oxidation sites excluding steroid dienone is 1. The molecule has 4 rings (SSSR count). The van der Waals surface area contributed by atoms with Gasteiger partial charge in [0.05, 0.1) is 0 Å². The Kier molecular flexibility index (Phi) is 7.62. The lowest BCUT2D eigenvalue weighted by atomic mass is 9.43. The zero-order chi connectivity index (χ0) is 21.2. The summed E-state index contributed by atoms with van der Waals surface area (Å²) in [6, 6.07) is 0. The van der Waals surface area contributed by atoms with Gasteiger partial charge in [0.15, 0.2) is 0 Å². The van der Waals surface area contributed by atoms with Crippen LogP contribution in [0.5, 0.6) is 0 Å². The maximum absolute atomic E-state index is 4.50. The van der Waals surface area contributed by atoms with Crippen molar-refractivity contribution in [1.29, 1.82) is 0 Å². The van der Waals surface area contributed by atoms with Crippen molar-refractivity contribution >= 4 is 0 Å². The second-order valence-corrected chi connectivity index (χ2v) is 11.8. The molecular formula is C28H51N. The summed E-state index contributed by atoms with van der Waals surface area (Å²) in [6.07, 6.45) is 19.1. The SMILES string of the molecule is C=C(CC)CCCC1CCC2C3C(C)CC4CCCCC4(C)C3CCC12C.CN. The van der Waals surface area contributed by atoms with Crippen LogP contribution in [0.2, 0.25) is 0 Å². The molecule has 0 bridgehead atoms. The Morgan fingerprint density at radius 3 is 2.41 bits per heavy atom. The number of nitrogens with two attached hydrogens (primary N) is 1. The molecule has 8 atom stereocenters. The van der Waals surface area contributed by atoms with E-state index in [1.165, 1.54) is 76.8 Å². The first-order chi connectivity index (χ1) is 13.9. The van der Waals surface area contributed by atoms with Gasteiger partial charge in [-0.25, -0.2) is 0 Å². The predicted molar refractivity (Wildman–Crippen MR) is 128 cm³/mol. The first kappa shape index (κ1) is 23.4. The van der Waals surface area contributed by atoms with Crippen LogP contribution in [-0.4, -0.2) is 7.05 Å². The van der Waals surface area contributed by atoms with E-state index in [0.29, 0.717) is 10.8 Å². The minimum atomic E-state index is 0.654. The van der Waals surface area contributed by atoms with Crippen LogP contribution < -0.4 is 5.73 Å². The summed E-state index contributed by atoms with van der Waals surface area (Å²) in [6.45, 7) is 14.6. The van der Waals surface area contributed by atoms with Gasteiger partial charge in [-0.1, -0.05) is 52.7 Å². The molecule has 4 aliphatic rings. The van der Waals surface area contributed by atoms with Gasteiger partial charge in [0.25, 0.3) is 0 Å². The van der Waals surface area contributed by atoms with Gasteiger partial charge in [0.2, 0.25) is 0 Å². The van der Waals surface area contributed by atoms with Crippen LogP contribution in [0.1, 0.15) is 111 Å². The van der Waals surface area contributed by atoms with E-state index >= 15 is 0 Å². The summed E-state index contributed by atoms with van der Waals surface area (Å²) in [5.74, 6) is 6.14. The maximum atomic E-state index is 4.50. The molecule has 1 heteroatoms. The lowest BCUT2D eigenvalue weighted by molar-refractivity contribution is -0.134. The first-order valence-corrected chi connectivity index (χ1v) is 13.1. The highest BCUT2D eigenvalue weighted by Crippen LogP contribution is 2.69. The third-order valence-electron chi connectivity index (χ3n) is 10.7. The van der Waals surface area contributed by atoms with Gasteiger partial charge in [0, 0.05) is 0 Å². The fraction of sp³-hybridized carbons (Fsp3) is 0.929. The molecule has 29 heavy (non-hydrogen) atoms. The van der Waals surface area contributed by atoms with Crippen LogP contribution in [0, 0.1) is 46.3 Å². The molecule has 0 aromatic heterocycles. The molecule has 0 aromatic rings. The van der Waals surface area contributed by atoms with Crippen molar-refractivity contribution in [3.8, 4) is 0 Å². The number of fused-ring (bicyclic) bond motifs is 5. The van der Waals surface area contributed by atoms with Crippen LogP contribution in [0.15, 0.2) is 12.2 Å². The summed E-state index contributed by atoms with van der Waals surface area (Å²) in [4.78, 5) is 0. The minimum Gasteiger partial charge on any atom is -0.333 e. The molecule has 0 spiro atoms. The van der Waals surface area contributed by atoms with Gasteiger partial charge in [0.1, 0.15) is 0 Å². The van der Waals surface area contributed by atoms with Crippen LogP contribution in [-0.2, 0) is 0 Å². The fourth-order valence-electron chi connectivity index (χ4n) is 9.03. The predicted octanol–water partition coefficient (Wildman–Crippen LogP) is 7.99. The molecule has 8 unspecified atom stereocenters. The molecule has 0 saturated heterocycles. The monoisotopic (exact) mass is 401 g/mol. The summed E-state index contributed by atoms with van der Waals surface area (Å²) in [5.41, 5.74) is 7.31. The standard InChI is InChI=1S/C27H46.CH5N/c1-6-19(2)10-9-12-21-13-14-23-25-20(3)18-22-11-7-8-16-26(22,4)24(25)15-17-27(21,23)5;1-2/h20-25H,2,6-18H2,1,3-5H3;2H2,1H3. The lowest BCUT2D eigenvalue weighted by Crippen LogP contribution is -2.55. The molecule has 4 aliphatic carbocycles. The quantitative estimate of drug-likeness (QED) is 0.464. The molecular weight excluding hydrogens is 350 g/mol. The van der Waals surface area contributed by atoms with E-state index in [9.17, 15) is 0 Å². The summed E-state index contributed by atoms with van der Waals surface area (Å²) < 4.78 is 0. The van der Waals surface area contributed by atoms with E-state index in [1.807, 2.05) is 0 Å². The molecule has 0 aromatic carbocycles. The van der Waals surface area contributed by atoms with E-state index < -0.39 is 0 Å². The van der Waals surface area contributed by atoms with Crippen molar-refractivity contribution < 1.29 is 0 Å². The Balaban J connectivity index is 0.00000117. The van der Waals surface area contributed by atoms with Gasteiger partial charge in [-0.05, 0) is 124 Å². The number of rotatable bonds is 5. The molecule has 0 radical (unpaired) electrons. The Morgan fingerprint density at radius 1 is 0.966 bits per heavy atom. The van der Waals surface area contributed by atoms with E-state index in [-0.39, 0.29) is 0 Å². The van der Waals surface area contributed by atoms with Crippen LogP contribution in [0.3, 0.4) is 0 Å². The molecule has 4 saturated carbocycles. The second kappa shape index (κ2) is 9.46. The fourth-order valence-corrected chi connectivity index (χ4v) is 9.03. The van der Waals surface area contributed by atoms with Gasteiger partial charge in [-0.3, -0.25) is 0 Å². The minimum absolute atomic E-state index is 0.654. The van der Waals surface area contributed by atoms with Crippen molar-refractivity contribution in [2.75, 3.05) is 7.05 Å². The zero-order valence-corrected chi connectivity index (χ0v) is 20.4. The average Bonchev–Trinajstić information content (AvgIpc) is 3.06. The lowest BCUT2D eigenvalue weighted by Gasteiger charge is -2.62. The van der Waals surface area contributed by atoms with Crippen molar-refractivity contribution in [3.05, 3.63) is 12.2 Å². The van der Waals surface area contributed by atoms with E-state index in [0.717, 1.165) is 35.5 Å². The third-order valence-corrected chi connectivity index (χ3v) is 10.7. The highest BCUT2D eigenvalue weighted by molar-refractivity contribution is 5.10. The summed E-state index contributed by atoms with van der Waals surface area (Å²) in [7, 11) is 1.50. The largest absolute Gasteiger partial charge is 0.333 e. The third kappa shape index (κ3) is 4.11. The molecule has 1 nitrogen and oxygen atoms in total. The Labute approximate surface area is 182 Å². The number of hydrogen-bond acceptors (Lipinski definition) is 1. The zero-order valence-electron chi connectivity index (χ0n) is 20.4. The van der Waals surface area contributed by atoms with Crippen LogP contribution >= 0.6 is 0 Å². The van der Waals surface area contributed by atoms with Gasteiger partial charge in [-0.15, -0.1) is 0 Å². The van der Waals surface area contributed by atoms with Gasteiger partial charge >= 0.3 is 0 Å². The Hall–Kier alpha value is -0.300. The van der Waals surface area contributed by atoms with Crippen LogP contribution in [0.4, 0.5) is 0 Å². The van der Waals surface area contributed by atoms with E-state index in [4.69, 9.17) is 0 Å². The smallest absolute Gasteiger partial charge is 0.0195 e. The van der Waals surface area contributed by atoms with Gasteiger partial charge < -0.3 is 5.73 Å². The Bertz CT molecular complexity index is 553. The van der Waals surface area contributed by atoms with Crippen LogP contribution in [0.25, 0.3) is 0 Å². The molecule has 2 N–H and O–H groups in total. The summed E-state index contributed by atoms with van der Waals surface area (Å²) >= 11 is 0. The first-order valence-electron chi connectivity index (χ1n) is 13.1. The Morgan fingerprint density at radius 2 is 1.69 bits per heavy atom. The van der Waals surface area contributed by atoms with Crippen molar-refractivity contribution in [2.45, 2.75) is 111 Å². The molecule has 0 heterocycles. The second-order valence-electron chi connectivity index (χ2n) is 11.8. The maximum Gasteiger partial charge on any atom is -0.0195 e. The average molecular weight is 402 g/mol. The highest BCUT2D eigenvalue weighted by Gasteiger charge is 2.60. The van der Waals surface area contributed by atoms with Crippen molar-refractivity contribution in [1.82, 2.24) is 0 Å². The van der Waals surface area contributed by atoms with Gasteiger partial charge in [-0.2, -0.15) is 0 Å². The molecule has 4 fully saturated rings. The van der Waals surface area contributed by atoms with Crippen molar-refractivity contribution in [3.63, 3.8) is 0 Å². The topological polar surface area (TPSA) is 26.0 Å². The van der Waals surface area contributed by atoms with E-state index in [1.54, 1.807) is 19.3 Å². The summed E-state index contributed by atoms with van der Waals surface area (Å²) in [5, 5.41) is 0. The molecule has 0 aliphatic heterocycles. The van der Waals surface area contributed by atoms with Crippen molar-refractivity contribution in [2.24, 2.45) is 52.1 Å². The molecule has 168 valence electrons.